The molecule has 0 unspecified atom stereocenters. The molecule has 0 radical (unpaired) electrons. The number of hydrazine groups is 1. The Morgan fingerprint density at radius 3 is 2.48 bits per heavy atom. The van der Waals surface area contributed by atoms with E-state index in [9.17, 15) is 14.9 Å². The summed E-state index contributed by atoms with van der Waals surface area (Å²) in [6, 6.07) is 9.71. The number of benzene rings is 1. The molecule has 136 valence electrons. The number of para-hydroxylation sites is 1. The minimum absolute atomic E-state index is 0.0799. The van der Waals surface area contributed by atoms with Gasteiger partial charge in [-0.1, -0.05) is 23.7 Å². The molecule has 0 aliphatic rings. The summed E-state index contributed by atoms with van der Waals surface area (Å²) < 4.78 is 0. The van der Waals surface area contributed by atoms with Gasteiger partial charge >= 0.3 is 5.69 Å². The normalized spacial score (nSPS) is 10.1. The molecule has 1 amide bonds. The first-order chi connectivity index (χ1) is 13.1. The third-order valence-corrected chi connectivity index (χ3v) is 3.70. The van der Waals surface area contributed by atoms with Crippen molar-refractivity contribution in [2.45, 2.75) is 0 Å². The summed E-state index contributed by atoms with van der Waals surface area (Å²) in [6.07, 6.45) is 4.02. The Bertz CT molecular complexity index is 985. The highest BCUT2D eigenvalue weighted by Gasteiger charge is 2.24. The lowest BCUT2D eigenvalue weighted by Gasteiger charge is -2.11. The van der Waals surface area contributed by atoms with E-state index >= 15 is 0 Å². The Morgan fingerprint density at radius 1 is 1.07 bits per heavy atom. The average Bonchev–Trinajstić information content (AvgIpc) is 2.68. The molecule has 0 atom stereocenters. The van der Waals surface area contributed by atoms with Gasteiger partial charge in [0.25, 0.3) is 5.91 Å². The van der Waals surface area contributed by atoms with Gasteiger partial charge in [-0.2, -0.15) is 0 Å². The third kappa shape index (κ3) is 4.25. The first-order valence-corrected chi connectivity index (χ1v) is 7.91. The van der Waals surface area contributed by atoms with Crippen LogP contribution >= 0.6 is 11.6 Å². The van der Waals surface area contributed by atoms with Crippen molar-refractivity contribution >= 4 is 40.5 Å². The fraction of sp³-hybridized carbons (Fsp3) is 0. The van der Waals surface area contributed by atoms with Crippen LogP contribution in [-0.2, 0) is 0 Å². The molecule has 0 bridgehead atoms. The van der Waals surface area contributed by atoms with Gasteiger partial charge in [0.1, 0.15) is 6.33 Å². The van der Waals surface area contributed by atoms with Crippen molar-refractivity contribution < 1.29 is 9.72 Å². The number of anilines is 3. The van der Waals surface area contributed by atoms with E-state index < -0.39 is 16.5 Å². The topological polar surface area (TPSA) is 135 Å². The number of rotatable bonds is 6. The fourth-order valence-electron chi connectivity index (χ4n) is 2.12. The van der Waals surface area contributed by atoms with Crippen LogP contribution in [0.15, 0.2) is 55.1 Å². The van der Waals surface area contributed by atoms with Gasteiger partial charge in [-0.3, -0.25) is 30.7 Å². The number of nitrogens with one attached hydrogen (secondary N) is 3. The first-order valence-electron chi connectivity index (χ1n) is 7.53. The van der Waals surface area contributed by atoms with Crippen LogP contribution in [0.1, 0.15) is 10.4 Å². The van der Waals surface area contributed by atoms with Gasteiger partial charge in [0.15, 0.2) is 0 Å². The largest absolute Gasteiger partial charge is 0.355 e. The highest BCUT2D eigenvalue weighted by Crippen LogP contribution is 2.32. The molecule has 0 saturated carbocycles. The van der Waals surface area contributed by atoms with Crippen LogP contribution in [0.4, 0.5) is 23.0 Å². The molecule has 0 aliphatic carbocycles. The van der Waals surface area contributed by atoms with Crippen molar-refractivity contribution in [1.82, 2.24) is 20.4 Å². The smallest absolute Gasteiger partial charge is 0.333 e. The second kappa shape index (κ2) is 8.06. The molecule has 11 heteroatoms. The minimum atomic E-state index is -0.667. The highest BCUT2D eigenvalue weighted by atomic mass is 35.5. The van der Waals surface area contributed by atoms with E-state index in [0.29, 0.717) is 16.3 Å². The summed E-state index contributed by atoms with van der Waals surface area (Å²) in [4.78, 5) is 34.5. The van der Waals surface area contributed by atoms with Gasteiger partial charge in [-0.05, 0) is 24.3 Å². The first kappa shape index (κ1) is 18.0. The van der Waals surface area contributed by atoms with Crippen LogP contribution in [0, 0.1) is 10.1 Å². The molecule has 2 heterocycles. The van der Waals surface area contributed by atoms with Gasteiger partial charge < -0.3 is 5.32 Å². The van der Waals surface area contributed by atoms with Gasteiger partial charge in [0, 0.05) is 18.0 Å². The summed E-state index contributed by atoms with van der Waals surface area (Å²) in [5, 5.41) is 14.7. The van der Waals surface area contributed by atoms with Gasteiger partial charge in [0.05, 0.1) is 15.6 Å². The lowest BCUT2D eigenvalue weighted by Crippen LogP contribution is -2.30. The second-order valence-electron chi connectivity index (χ2n) is 5.10. The highest BCUT2D eigenvalue weighted by molar-refractivity contribution is 6.33. The van der Waals surface area contributed by atoms with E-state index in [1.807, 2.05) is 0 Å². The number of pyridine rings is 1. The summed E-state index contributed by atoms with van der Waals surface area (Å²) in [5.41, 5.74) is 5.10. The van der Waals surface area contributed by atoms with Crippen molar-refractivity contribution in [3.8, 4) is 0 Å². The number of hydrogen-bond acceptors (Lipinski definition) is 8. The summed E-state index contributed by atoms with van der Waals surface area (Å²) >= 11 is 6.06. The number of hydrogen-bond donors (Lipinski definition) is 3. The Hall–Kier alpha value is -3.79. The Kier molecular flexibility index (Phi) is 5.38. The molecule has 3 N–H and O–H groups in total. The maximum absolute atomic E-state index is 12.1. The van der Waals surface area contributed by atoms with E-state index in [0.717, 1.165) is 6.33 Å². The molecular weight excluding hydrogens is 374 g/mol. The molecule has 3 rings (SSSR count). The molecule has 0 spiro atoms. The molecule has 2 aromatic heterocycles. The van der Waals surface area contributed by atoms with Crippen molar-refractivity contribution in [2.75, 3.05) is 10.7 Å². The number of amides is 1. The summed E-state index contributed by atoms with van der Waals surface area (Å²) in [5.74, 6) is -0.776. The maximum atomic E-state index is 12.1. The van der Waals surface area contributed by atoms with Gasteiger partial charge in [-0.25, -0.2) is 9.97 Å². The molecule has 27 heavy (non-hydrogen) atoms. The molecule has 1 aromatic carbocycles. The molecule has 3 aromatic rings. The van der Waals surface area contributed by atoms with Crippen molar-refractivity contribution in [3.63, 3.8) is 0 Å². The Balaban J connectivity index is 1.84. The number of carbonyl (C=O) groups excluding carboxylic acids is 1. The lowest BCUT2D eigenvalue weighted by molar-refractivity contribution is -0.383. The predicted octanol–water partition coefficient (Wildman–Crippen LogP) is 2.93. The number of carbonyl (C=O) groups is 1. The fourth-order valence-corrected chi connectivity index (χ4v) is 2.30. The zero-order valence-corrected chi connectivity index (χ0v) is 14.3. The SMILES string of the molecule is O=C(NNc1ncnc(Nc2ccccc2Cl)c1[N+](=O)[O-])c1ccncc1. The molecular formula is C16H12ClN7O3. The Morgan fingerprint density at radius 2 is 1.78 bits per heavy atom. The van der Waals surface area contributed by atoms with E-state index in [2.05, 4.69) is 31.1 Å². The van der Waals surface area contributed by atoms with Crippen LogP contribution < -0.4 is 16.2 Å². The van der Waals surface area contributed by atoms with E-state index in [1.54, 1.807) is 24.3 Å². The zero-order valence-electron chi connectivity index (χ0n) is 13.6. The second-order valence-corrected chi connectivity index (χ2v) is 5.50. The van der Waals surface area contributed by atoms with Crippen molar-refractivity contribution in [3.05, 3.63) is 75.8 Å². The van der Waals surface area contributed by atoms with E-state index in [-0.39, 0.29) is 11.6 Å². The van der Waals surface area contributed by atoms with Crippen LogP contribution in [0.2, 0.25) is 5.02 Å². The molecule has 10 nitrogen and oxygen atoms in total. The molecule has 0 fully saturated rings. The monoisotopic (exact) mass is 385 g/mol. The van der Waals surface area contributed by atoms with Crippen LogP contribution in [-0.4, -0.2) is 25.8 Å². The summed E-state index contributed by atoms with van der Waals surface area (Å²) in [6.45, 7) is 0. The number of aromatic nitrogens is 3. The molecule has 0 saturated heterocycles. The number of halogens is 1. The van der Waals surface area contributed by atoms with Crippen molar-refractivity contribution in [2.24, 2.45) is 0 Å². The number of nitrogens with zero attached hydrogens (tertiary/aromatic N) is 4. The quantitative estimate of drug-likeness (QED) is 0.435. The van der Waals surface area contributed by atoms with Crippen LogP contribution in [0.5, 0.6) is 0 Å². The average molecular weight is 386 g/mol. The van der Waals surface area contributed by atoms with Gasteiger partial charge in [-0.15, -0.1) is 0 Å². The summed E-state index contributed by atoms with van der Waals surface area (Å²) in [7, 11) is 0. The lowest BCUT2D eigenvalue weighted by atomic mass is 10.3. The van der Waals surface area contributed by atoms with E-state index in [1.165, 1.54) is 24.5 Å². The zero-order chi connectivity index (χ0) is 19.2. The van der Waals surface area contributed by atoms with E-state index in [4.69, 9.17) is 11.6 Å². The minimum Gasteiger partial charge on any atom is -0.333 e. The number of nitro groups is 1. The van der Waals surface area contributed by atoms with Gasteiger partial charge in [0.2, 0.25) is 11.6 Å². The third-order valence-electron chi connectivity index (χ3n) is 3.37. The van der Waals surface area contributed by atoms with Crippen molar-refractivity contribution in [1.29, 1.82) is 0 Å². The van der Waals surface area contributed by atoms with Crippen LogP contribution in [0.3, 0.4) is 0 Å². The predicted molar refractivity (Wildman–Crippen MR) is 98.7 cm³/mol. The van der Waals surface area contributed by atoms with Crippen LogP contribution in [0.25, 0.3) is 0 Å². The standard InChI is InChI=1S/C16H12ClN7O3/c17-11-3-1-2-4-12(11)21-14-13(24(26)27)15(20-9-19-14)22-23-16(25)10-5-7-18-8-6-10/h1-9H,(H,23,25)(H2,19,20,21,22). The molecule has 0 aliphatic heterocycles. The maximum Gasteiger partial charge on any atom is 0.355 e. The Labute approximate surface area is 157 Å².